The zero-order valence-corrected chi connectivity index (χ0v) is 11.8. The van der Waals surface area contributed by atoms with E-state index >= 15 is 0 Å². The Bertz CT molecular complexity index is 339. The first-order valence-electron chi connectivity index (χ1n) is 4.44. The Morgan fingerprint density at radius 1 is 0.706 bits per heavy atom. The van der Waals surface area contributed by atoms with Gasteiger partial charge in [0.1, 0.15) is 0 Å². The average molecular weight is 351 g/mol. The van der Waals surface area contributed by atoms with E-state index in [1.54, 1.807) is 0 Å². The fraction of sp³-hybridized carbons (Fsp3) is 1.00. The topological polar surface area (TPSA) is 86.7 Å². The molecule has 11 heteroatoms. The van der Waals surface area contributed by atoms with Crippen molar-refractivity contribution in [1.82, 2.24) is 0 Å². The molecule has 0 rings (SSSR count). The van der Waals surface area contributed by atoms with Crippen molar-refractivity contribution in [3.8, 4) is 0 Å². The summed E-state index contributed by atoms with van der Waals surface area (Å²) in [4.78, 5) is 0. The molecule has 0 saturated heterocycles. The number of unbranched alkanes of at least 4 members (excludes halogenated alkanes) is 3. The molecule has 0 saturated carbocycles. The molecule has 0 aromatic carbocycles. The van der Waals surface area contributed by atoms with Gasteiger partial charge in [-0.15, -0.1) is 0 Å². The molecule has 0 aliphatic heterocycles. The van der Waals surface area contributed by atoms with Crippen molar-refractivity contribution in [3.05, 3.63) is 0 Å². The van der Waals surface area contributed by atoms with Crippen LogP contribution in [0.3, 0.4) is 0 Å². The van der Waals surface area contributed by atoms with Gasteiger partial charge in [0.25, 0.3) is 0 Å². The number of hydrogen-bond donors (Lipinski definition) is 2. The van der Waals surface area contributed by atoms with Gasteiger partial charge in [-0.1, -0.05) is 12.8 Å². The predicted molar refractivity (Wildman–Crippen MR) is 73.3 cm³/mol. The molecule has 0 N–H and O–H groups in total. The monoisotopic (exact) mass is 350 g/mol. The molecule has 0 atom stereocenters. The molecule has 0 aromatic heterocycles. The van der Waals surface area contributed by atoms with E-state index in [1.807, 2.05) is 0 Å². The van der Waals surface area contributed by atoms with E-state index in [-0.39, 0.29) is 64.6 Å². The normalized spacial score (nSPS) is 12.1. The molecule has 0 fully saturated rings. The van der Waals surface area contributed by atoms with Crippen molar-refractivity contribution in [2.75, 3.05) is 13.2 Å². The van der Waals surface area contributed by atoms with Crippen molar-refractivity contribution >= 4 is 93.0 Å². The first-order chi connectivity index (χ1) is 7.21. The standard InChI is InChI=1S/C6H14O6S4.K.H/c7-15(8,13)11-5-3-1-2-4-6-12-16(9,10)14;;/h1-6H2,(H,7,8,13)(H,9,10,14);;. The molecular formula is C6H15KO6S4. The van der Waals surface area contributed by atoms with E-state index in [4.69, 9.17) is 0 Å². The third-order valence-electron chi connectivity index (χ3n) is 1.50. The second kappa shape index (κ2) is 10.9. The number of thiol groups is 2. The van der Waals surface area contributed by atoms with Crippen LogP contribution in [0.2, 0.25) is 0 Å². The Balaban J connectivity index is 0. The summed E-state index contributed by atoms with van der Waals surface area (Å²) >= 11 is 6.40. The molecule has 0 spiro atoms. The fourth-order valence-corrected chi connectivity index (χ4v) is 1.99. The zero-order valence-electron chi connectivity index (χ0n) is 8.40. The van der Waals surface area contributed by atoms with Gasteiger partial charge in [-0.25, -0.2) is 0 Å². The van der Waals surface area contributed by atoms with E-state index in [0.29, 0.717) is 12.8 Å². The van der Waals surface area contributed by atoms with Gasteiger partial charge in [-0.2, -0.15) is 16.8 Å². The summed E-state index contributed by atoms with van der Waals surface area (Å²) in [6, 6.07) is 0. The summed E-state index contributed by atoms with van der Waals surface area (Å²) in [5.74, 6) is 0. The van der Waals surface area contributed by atoms with Crippen LogP contribution in [0.5, 0.6) is 0 Å². The maximum atomic E-state index is 10.4. The fourth-order valence-electron chi connectivity index (χ4n) is 0.886. The van der Waals surface area contributed by atoms with Crippen LogP contribution in [0.1, 0.15) is 25.7 Å². The minimum atomic E-state index is -3.66. The van der Waals surface area contributed by atoms with Crippen LogP contribution in [0.15, 0.2) is 0 Å². The van der Waals surface area contributed by atoms with Gasteiger partial charge >= 0.3 is 69.7 Å². The average Bonchev–Trinajstić information content (AvgIpc) is 2.06. The minimum absolute atomic E-state index is 0. The van der Waals surface area contributed by atoms with E-state index < -0.39 is 18.3 Å². The van der Waals surface area contributed by atoms with E-state index in [9.17, 15) is 16.8 Å². The van der Waals surface area contributed by atoms with Crippen LogP contribution in [0.4, 0.5) is 0 Å². The van der Waals surface area contributed by atoms with E-state index in [1.165, 1.54) is 0 Å². The summed E-state index contributed by atoms with van der Waals surface area (Å²) in [7, 11) is -7.32. The second-order valence-electron chi connectivity index (χ2n) is 2.91. The molecular weight excluding hydrogens is 335 g/mol. The third-order valence-corrected chi connectivity index (χ3v) is 3.06. The summed E-state index contributed by atoms with van der Waals surface area (Å²) in [5.41, 5.74) is 0. The van der Waals surface area contributed by atoms with Gasteiger partial charge in [0.15, 0.2) is 0 Å². The summed E-state index contributed by atoms with van der Waals surface area (Å²) in [5, 5.41) is 0. The maximum absolute atomic E-state index is 10.4. The van der Waals surface area contributed by atoms with Gasteiger partial charge in [-0.3, -0.25) is 8.37 Å². The third kappa shape index (κ3) is 20.6. The van der Waals surface area contributed by atoms with Crippen LogP contribution >= 0.6 is 23.3 Å². The van der Waals surface area contributed by atoms with Crippen LogP contribution in [0.25, 0.3) is 0 Å². The summed E-state index contributed by atoms with van der Waals surface area (Å²) < 4.78 is 50.5. The molecule has 0 aliphatic rings. The Labute approximate surface area is 154 Å². The van der Waals surface area contributed by atoms with Gasteiger partial charge in [0.2, 0.25) is 0 Å². The molecule has 0 bridgehead atoms. The number of hydrogen-bond acceptors (Lipinski definition) is 6. The van der Waals surface area contributed by atoms with E-state index in [0.717, 1.165) is 12.8 Å². The summed E-state index contributed by atoms with van der Waals surface area (Å²) in [6.45, 7) is 0.162. The molecule has 0 heterocycles. The van der Waals surface area contributed by atoms with Crippen LogP contribution < -0.4 is 0 Å². The SMILES string of the molecule is O=S(=O)(S)OCCCCCCOS(=O)(=O)S.[KH]. The quantitative estimate of drug-likeness (QED) is 0.269. The molecule has 0 amide bonds. The number of rotatable bonds is 9. The van der Waals surface area contributed by atoms with Gasteiger partial charge < -0.3 is 0 Å². The van der Waals surface area contributed by atoms with Crippen molar-refractivity contribution in [2.45, 2.75) is 25.7 Å². The molecule has 0 aromatic rings. The molecule has 0 unspecified atom stereocenters. The second-order valence-corrected chi connectivity index (χ2v) is 7.78. The molecule has 100 valence electrons. The zero-order chi connectivity index (χ0) is 12.7. The Hall–Kier alpha value is 2.16. The Morgan fingerprint density at radius 2 is 1.00 bits per heavy atom. The Kier molecular flexibility index (Phi) is 13.7. The van der Waals surface area contributed by atoms with E-state index in [2.05, 4.69) is 31.7 Å². The van der Waals surface area contributed by atoms with Crippen molar-refractivity contribution < 1.29 is 25.2 Å². The Morgan fingerprint density at radius 3 is 1.24 bits per heavy atom. The van der Waals surface area contributed by atoms with Crippen molar-refractivity contribution in [2.24, 2.45) is 0 Å². The first-order valence-corrected chi connectivity index (χ1v) is 9.36. The van der Waals surface area contributed by atoms with Gasteiger partial charge in [0.05, 0.1) is 13.2 Å². The molecule has 0 aliphatic carbocycles. The molecule has 17 heavy (non-hydrogen) atoms. The predicted octanol–water partition coefficient (Wildman–Crippen LogP) is 0.281. The molecule has 0 radical (unpaired) electrons. The van der Waals surface area contributed by atoms with Crippen LogP contribution in [-0.4, -0.2) is 81.4 Å². The van der Waals surface area contributed by atoms with Crippen molar-refractivity contribution in [3.63, 3.8) is 0 Å². The van der Waals surface area contributed by atoms with Crippen molar-refractivity contribution in [1.29, 1.82) is 0 Å². The first kappa shape index (κ1) is 21.5. The van der Waals surface area contributed by atoms with Gasteiger partial charge in [-0.05, 0) is 36.2 Å². The van der Waals surface area contributed by atoms with Crippen LogP contribution in [0, 0.1) is 0 Å². The van der Waals surface area contributed by atoms with Crippen LogP contribution in [-0.2, 0) is 26.7 Å². The summed E-state index contributed by atoms with van der Waals surface area (Å²) in [6.07, 6.45) is 2.57. The molecule has 6 nitrogen and oxygen atoms in total. The van der Waals surface area contributed by atoms with Gasteiger partial charge in [0, 0.05) is 0 Å².